The van der Waals surface area contributed by atoms with Crippen LogP contribution in [0, 0.1) is 23.7 Å². The number of likely N-dealkylation sites (tertiary alicyclic amines) is 2. The molecule has 2 N–H and O–H groups in total. The predicted octanol–water partition coefficient (Wildman–Crippen LogP) is 8.89. The molecule has 8 nitrogen and oxygen atoms in total. The standard InChI is InChI=1S/C43H57N5O3/c1-8-26(4)27(5)42(49)47-19-9-10-35(47)21-29-11-12-31-22-32(14-13-30(31)20-29)33-16-18-37-38(24-33)45-41(44-37)40-34-15-17-36(23-34)48(40)28(6)39(25(2)3)46-43(50)51-7/h11-14,16,18,20,22,24-28,34-36,39-40H,8-10,15,17,19,21,23H2,1-7H3,(H,44,45)(H,46,50)/t26-,27-,28?,34-,35-,36+,39-,40-/m0/s1. The highest BCUT2D eigenvalue weighted by atomic mass is 16.5. The Kier molecular flexibility index (Phi) is 10.2. The minimum Gasteiger partial charge on any atom is -0.453 e. The van der Waals surface area contributed by atoms with Gasteiger partial charge in [-0.3, -0.25) is 9.69 Å². The topological polar surface area (TPSA) is 90.6 Å². The van der Waals surface area contributed by atoms with Gasteiger partial charge < -0.3 is 19.9 Å². The van der Waals surface area contributed by atoms with Crippen molar-refractivity contribution in [2.24, 2.45) is 23.7 Å². The van der Waals surface area contributed by atoms with Gasteiger partial charge in [-0.2, -0.15) is 0 Å². The normalized spacial score (nSPS) is 24.4. The first kappa shape index (κ1) is 35.5. The predicted molar refractivity (Wildman–Crippen MR) is 205 cm³/mol. The maximum absolute atomic E-state index is 13.3. The monoisotopic (exact) mass is 691 g/mol. The number of fused-ring (bicyclic) bond motifs is 4. The summed E-state index contributed by atoms with van der Waals surface area (Å²) in [6.45, 7) is 13.9. The molecule has 8 heteroatoms. The van der Waals surface area contributed by atoms with E-state index in [1.54, 1.807) is 0 Å². The van der Waals surface area contributed by atoms with Crippen LogP contribution < -0.4 is 5.32 Å². The quantitative estimate of drug-likeness (QED) is 0.164. The number of hydrogen-bond donors (Lipinski definition) is 2. The van der Waals surface area contributed by atoms with Gasteiger partial charge in [0.15, 0.2) is 0 Å². The number of methoxy groups -OCH3 is 1. The average molecular weight is 692 g/mol. The average Bonchev–Trinajstić information content (AvgIpc) is 3.96. The van der Waals surface area contributed by atoms with Gasteiger partial charge in [0, 0.05) is 36.6 Å². The lowest BCUT2D eigenvalue weighted by molar-refractivity contribution is -0.137. The lowest BCUT2D eigenvalue weighted by atomic mass is 9.91. The highest BCUT2D eigenvalue weighted by Gasteiger charge is 2.51. The van der Waals surface area contributed by atoms with E-state index >= 15 is 0 Å². The number of hydrogen-bond acceptors (Lipinski definition) is 5. The lowest BCUT2D eigenvalue weighted by Crippen LogP contribution is -2.55. The van der Waals surface area contributed by atoms with Crippen molar-refractivity contribution < 1.29 is 14.3 Å². The first-order valence-electron chi connectivity index (χ1n) is 19.5. The molecule has 4 aromatic rings. The number of aromatic nitrogens is 2. The molecule has 7 rings (SSSR count). The molecule has 3 aliphatic rings. The molecule has 0 radical (unpaired) electrons. The fourth-order valence-electron chi connectivity index (χ4n) is 9.61. The molecule has 2 amide bonds. The molecule has 272 valence electrons. The van der Waals surface area contributed by atoms with Crippen LogP contribution in [0.2, 0.25) is 0 Å². The van der Waals surface area contributed by atoms with Crippen LogP contribution in [-0.4, -0.2) is 69.6 Å². The number of imidazole rings is 1. The minimum atomic E-state index is -0.373. The largest absolute Gasteiger partial charge is 0.453 e. The van der Waals surface area contributed by atoms with Gasteiger partial charge in [0.1, 0.15) is 5.82 Å². The number of carbonyl (C=O) groups is 2. The van der Waals surface area contributed by atoms with E-state index in [4.69, 9.17) is 9.72 Å². The van der Waals surface area contributed by atoms with Gasteiger partial charge >= 0.3 is 6.09 Å². The highest BCUT2D eigenvalue weighted by Crippen LogP contribution is 2.51. The molecule has 1 unspecified atom stereocenters. The third-order valence-electron chi connectivity index (χ3n) is 12.9. The first-order valence-corrected chi connectivity index (χ1v) is 19.5. The van der Waals surface area contributed by atoms with Crippen molar-refractivity contribution >= 4 is 33.8 Å². The number of alkyl carbamates (subject to hydrolysis) is 1. The van der Waals surface area contributed by atoms with Crippen LogP contribution in [0.1, 0.15) is 97.5 Å². The fraction of sp³-hybridized carbons (Fsp3) is 0.558. The lowest BCUT2D eigenvalue weighted by Gasteiger charge is -2.43. The Morgan fingerprint density at radius 3 is 2.47 bits per heavy atom. The summed E-state index contributed by atoms with van der Waals surface area (Å²) in [6, 6.07) is 21.2. The Bertz CT molecular complexity index is 1880. The second-order valence-corrected chi connectivity index (χ2v) is 16.2. The zero-order valence-corrected chi connectivity index (χ0v) is 31.6. The smallest absolute Gasteiger partial charge is 0.407 e. The zero-order valence-electron chi connectivity index (χ0n) is 31.6. The van der Waals surface area contributed by atoms with E-state index in [1.807, 2.05) is 0 Å². The van der Waals surface area contributed by atoms with E-state index in [-0.39, 0.29) is 42.1 Å². The van der Waals surface area contributed by atoms with Crippen molar-refractivity contribution in [3.05, 3.63) is 66.0 Å². The SMILES string of the molecule is CC[C@H](C)[C@H](C)C(=O)N1CCC[C@H]1Cc1ccc2cc(-c3ccc4[nH]c([C@@H]5[C@H]6CC[C@H](C6)N5C(C)[C@@H](NC(=O)OC)C(C)C)nc4c3)ccc2c1. The molecule has 2 bridgehead atoms. The van der Waals surface area contributed by atoms with Crippen molar-refractivity contribution in [3.63, 3.8) is 0 Å². The molecule has 1 aromatic heterocycles. The molecule has 3 fully saturated rings. The summed E-state index contributed by atoms with van der Waals surface area (Å²) < 4.78 is 4.98. The summed E-state index contributed by atoms with van der Waals surface area (Å²) in [7, 11) is 1.43. The summed E-state index contributed by atoms with van der Waals surface area (Å²) in [5.74, 6) is 2.67. The Hall–Kier alpha value is -3.91. The molecule has 0 spiro atoms. The Morgan fingerprint density at radius 2 is 1.71 bits per heavy atom. The number of rotatable bonds is 11. The molecule has 2 aliphatic heterocycles. The molecular weight excluding hydrogens is 635 g/mol. The minimum absolute atomic E-state index is 0.0239. The van der Waals surface area contributed by atoms with Crippen LogP contribution >= 0.6 is 0 Å². The third kappa shape index (κ3) is 6.88. The number of H-pyrrole nitrogens is 1. The molecule has 51 heavy (non-hydrogen) atoms. The maximum atomic E-state index is 13.3. The van der Waals surface area contributed by atoms with Crippen molar-refractivity contribution in [3.8, 4) is 11.1 Å². The summed E-state index contributed by atoms with van der Waals surface area (Å²) in [4.78, 5) is 39.4. The van der Waals surface area contributed by atoms with E-state index in [1.165, 1.54) is 48.3 Å². The van der Waals surface area contributed by atoms with E-state index in [0.717, 1.165) is 54.6 Å². The van der Waals surface area contributed by atoms with E-state index in [0.29, 0.717) is 23.8 Å². The maximum Gasteiger partial charge on any atom is 0.407 e. The van der Waals surface area contributed by atoms with E-state index in [2.05, 4.69) is 116 Å². The first-order chi connectivity index (χ1) is 24.6. The number of nitrogens with one attached hydrogen (secondary N) is 2. The highest BCUT2D eigenvalue weighted by molar-refractivity contribution is 5.90. The van der Waals surface area contributed by atoms with Gasteiger partial charge in [-0.15, -0.1) is 0 Å². The number of carbonyl (C=O) groups excluding carboxylic acids is 2. The van der Waals surface area contributed by atoms with Gasteiger partial charge in [-0.05, 0) is 109 Å². The number of amides is 2. The second kappa shape index (κ2) is 14.6. The number of piperidine rings is 1. The molecule has 2 saturated heterocycles. The van der Waals surface area contributed by atoms with Crippen molar-refractivity contribution in [2.75, 3.05) is 13.7 Å². The summed E-state index contributed by atoms with van der Waals surface area (Å²) in [5, 5.41) is 5.57. The number of nitrogens with zero attached hydrogens (tertiary/aromatic N) is 3. The molecule has 1 saturated carbocycles. The van der Waals surface area contributed by atoms with Gasteiger partial charge in [0.05, 0.1) is 24.2 Å². The Morgan fingerprint density at radius 1 is 0.961 bits per heavy atom. The third-order valence-corrected chi connectivity index (χ3v) is 12.9. The molecule has 1 aliphatic carbocycles. The van der Waals surface area contributed by atoms with Crippen molar-refractivity contribution in [1.82, 2.24) is 25.1 Å². The van der Waals surface area contributed by atoms with Gasteiger partial charge in [-0.1, -0.05) is 77.4 Å². The summed E-state index contributed by atoms with van der Waals surface area (Å²) in [5.41, 5.74) is 5.67. The number of ether oxygens (including phenoxy) is 1. The molecular formula is C43H57N5O3. The van der Waals surface area contributed by atoms with Crippen LogP contribution in [0.25, 0.3) is 32.9 Å². The van der Waals surface area contributed by atoms with Crippen molar-refractivity contribution in [2.45, 2.75) is 117 Å². The molecule has 3 aromatic carbocycles. The van der Waals surface area contributed by atoms with Gasteiger partial charge in [-0.25, -0.2) is 9.78 Å². The number of benzene rings is 3. The van der Waals surface area contributed by atoms with E-state index in [9.17, 15) is 9.59 Å². The molecule has 3 heterocycles. The molecule has 8 atom stereocenters. The summed E-state index contributed by atoms with van der Waals surface area (Å²) in [6.07, 6.45) is 7.32. The van der Waals surface area contributed by atoms with Crippen LogP contribution in [-0.2, 0) is 16.0 Å². The van der Waals surface area contributed by atoms with Gasteiger partial charge in [0.2, 0.25) is 5.91 Å². The number of aromatic amines is 1. The summed E-state index contributed by atoms with van der Waals surface area (Å²) >= 11 is 0. The Labute approximate surface area is 303 Å². The zero-order chi connectivity index (χ0) is 36.0. The Balaban J connectivity index is 1.09. The second-order valence-electron chi connectivity index (χ2n) is 16.2. The van der Waals surface area contributed by atoms with Crippen LogP contribution in [0.15, 0.2) is 54.6 Å². The van der Waals surface area contributed by atoms with E-state index < -0.39 is 0 Å². The van der Waals surface area contributed by atoms with Crippen molar-refractivity contribution in [1.29, 1.82) is 0 Å². The van der Waals surface area contributed by atoms with Crippen LogP contribution in [0.4, 0.5) is 4.79 Å². The van der Waals surface area contributed by atoms with Crippen LogP contribution in [0.3, 0.4) is 0 Å². The van der Waals surface area contributed by atoms with Gasteiger partial charge in [0.25, 0.3) is 0 Å². The fourth-order valence-corrected chi connectivity index (χ4v) is 9.61. The van der Waals surface area contributed by atoms with Crippen LogP contribution in [0.5, 0.6) is 0 Å².